The second-order valence-electron chi connectivity index (χ2n) is 4.47. The lowest BCUT2D eigenvalue weighted by molar-refractivity contribution is -0.122. The van der Waals surface area contributed by atoms with Gasteiger partial charge in [0.1, 0.15) is 4.90 Å². The van der Waals surface area contributed by atoms with E-state index in [0.717, 1.165) is 0 Å². The first-order valence-corrected chi connectivity index (χ1v) is 8.90. The highest BCUT2D eigenvalue weighted by Gasteiger charge is 2.27. The molecule has 6 nitrogen and oxygen atoms in total. The number of nitrogen functional groups attached to an aromatic ring is 1. The molecule has 0 aromatic heterocycles. The van der Waals surface area contributed by atoms with Crippen molar-refractivity contribution >= 4 is 53.5 Å². The van der Waals surface area contributed by atoms with E-state index in [1.54, 1.807) is 6.07 Å². The number of hydrogen-bond donors (Lipinski definition) is 3. The minimum atomic E-state index is -3.75. The molecule has 1 amide bonds. The van der Waals surface area contributed by atoms with Crippen molar-refractivity contribution in [2.75, 3.05) is 12.3 Å². The summed E-state index contributed by atoms with van der Waals surface area (Å²) in [5.41, 5.74) is 5.94. The molecule has 1 atom stereocenters. The minimum absolute atomic E-state index is 0.0117. The second kappa shape index (κ2) is 6.00. The summed E-state index contributed by atoms with van der Waals surface area (Å²) < 4.78 is 28.4. The number of nitrogens with two attached hydrogens (primary N) is 1. The summed E-state index contributed by atoms with van der Waals surface area (Å²) in [6, 6.07) is 2.82. The van der Waals surface area contributed by atoms with E-state index in [4.69, 9.17) is 5.73 Å². The number of nitrogens with one attached hydrogen (secondary N) is 2. The first-order chi connectivity index (χ1) is 9.29. The van der Waals surface area contributed by atoms with Gasteiger partial charge in [-0.2, -0.15) is 0 Å². The molecule has 1 saturated heterocycles. The average Bonchev–Trinajstić information content (AvgIpc) is 2.30. The largest absolute Gasteiger partial charge is 0.398 e. The van der Waals surface area contributed by atoms with E-state index in [9.17, 15) is 13.2 Å². The smallest absolute Gasteiger partial charge is 0.244 e. The number of amides is 1. The molecule has 20 heavy (non-hydrogen) atoms. The van der Waals surface area contributed by atoms with Gasteiger partial charge in [-0.25, -0.2) is 13.1 Å². The van der Waals surface area contributed by atoms with E-state index in [-0.39, 0.29) is 29.1 Å². The van der Waals surface area contributed by atoms with Gasteiger partial charge in [-0.1, -0.05) is 15.9 Å². The van der Waals surface area contributed by atoms with Crippen LogP contribution in [0.1, 0.15) is 12.8 Å². The molecule has 0 saturated carbocycles. The average molecular weight is 427 g/mol. The summed E-state index contributed by atoms with van der Waals surface area (Å²) >= 11 is 6.46. The molecule has 1 aliphatic heterocycles. The molecule has 0 spiro atoms. The van der Waals surface area contributed by atoms with Crippen LogP contribution in [0.4, 0.5) is 5.69 Å². The number of carbonyl (C=O) groups is 1. The van der Waals surface area contributed by atoms with Crippen molar-refractivity contribution in [2.45, 2.75) is 23.8 Å². The third-order valence-corrected chi connectivity index (χ3v) is 5.88. The van der Waals surface area contributed by atoms with Gasteiger partial charge >= 0.3 is 0 Å². The first-order valence-electron chi connectivity index (χ1n) is 5.83. The lowest BCUT2D eigenvalue weighted by atomic mass is 10.1. The molecule has 1 aliphatic rings. The number of piperidine rings is 1. The maximum absolute atomic E-state index is 12.4. The maximum Gasteiger partial charge on any atom is 0.244 e. The van der Waals surface area contributed by atoms with Gasteiger partial charge in [-0.05, 0) is 34.5 Å². The first kappa shape index (κ1) is 15.7. The second-order valence-corrected chi connectivity index (χ2v) is 7.89. The topological polar surface area (TPSA) is 101 Å². The fourth-order valence-electron chi connectivity index (χ4n) is 1.98. The number of carbonyl (C=O) groups excluding carboxylic acids is 1. The van der Waals surface area contributed by atoms with Crippen LogP contribution in [0.3, 0.4) is 0 Å². The number of sulfonamides is 1. The van der Waals surface area contributed by atoms with Crippen molar-refractivity contribution in [3.63, 3.8) is 0 Å². The molecule has 2 rings (SSSR count). The highest BCUT2D eigenvalue weighted by molar-refractivity contribution is 9.11. The molecule has 1 aromatic carbocycles. The monoisotopic (exact) mass is 425 g/mol. The van der Waals surface area contributed by atoms with Crippen molar-refractivity contribution in [3.8, 4) is 0 Å². The molecule has 0 aliphatic carbocycles. The zero-order chi connectivity index (χ0) is 14.9. The lowest BCUT2D eigenvalue weighted by Gasteiger charge is -2.24. The normalized spacial score (nSPS) is 19.7. The van der Waals surface area contributed by atoms with Gasteiger partial charge in [0.05, 0.1) is 5.69 Å². The Bertz CT molecular complexity index is 615. The molecule has 110 valence electrons. The lowest BCUT2D eigenvalue weighted by Crippen LogP contribution is -2.47. The Labute approximate surface area is 133 Å². The quantitative estimate of drug-likeness (QED) is 0.635. The maximum atomic E-state index is 12.4. The van der Waals surface area contributed by atoms with Crippen LogP contribution in [0.5, 0.6) is 0 Å². The van der Waals surface area contributed by atoms with Crippen molar-refractivity contribution in [1.82, 2.24) is 10.0 Å². The van der Waals surface area contributed by atoms with Gasteiger partial charge in [0, 0.05) is 28.0 Å². The fraction of sp³-hybridized carbons (Fsp3) is 0.364. The molecular weight excluding hydrogens is 414 g/mol. The van der Waals surface area contributed by atoms with Gasteiger partial charge in [0.25, 0.3) is 0 Å². The predicted molar refractivity (Wildman–Crippen MR) is 82.6 cm³/mol. The van der Waals surface area contributed by atoms with Crippen molar-refractivity contribution in [1.29, 1.82) is 0 Å². The number of rotatable bonds is 3. The fourth-order valence-corrected chi connectivity index (χ4v) is 5.32. The Morgan fingerprint density at radius 3 is 2.60 bits per heavy atom. The molecule has 1 heterocycles. The highest BCUT2D eigenvalue weighted by atomic mass is 79.9. The van der Waals surface area contributed by atoms with Crippen molar-refractivity contribution < 1.29 is 13.2 Å². The molecular formula is C11H13Br2N3O3S. The summed E-state index contributed by atoms with van der Waals surface area (Å²) in [5, 5.41) is 2.63. The van der Waals surface area contributed by atoms with Crippen LogP contribution >= 0.6 is 31.9 Å². The van der Waals surface area contributed by atoms with E-state index < -0.39 is 10.0 Å². The highest BCUT2D eigenvalue weighted by Crippen LogP contribution is 2.31. The van der Waals surface area contributed by atoms with Gasteiger partial charge in [0.2, 0.25) is 15.9 Å². The summed E-state index contributed by atoms with van der Waals surface area (Å²) in [7, 11) is -3.75. The van der Waals surface area contributed by atoms with E-state index >= 15 is 0 Å². The Morgan fingerprint density at radius 1 is 1.35 bits per heavy atom. The Balaban J connectivity index is 2.25. The summed E-state index contributed by atoms with van der Waals surface area (Å²) in [4.78, 5) is 11.1. The van der Waals surface area contributed by atoms with Crippen LogP contribution in [0, 0.1) is 0 Å². The standard InChI is InChI=1S/C11H13Br2N3O3S/c12-6-3-8(13)11(9(14)4-6)20(18,19)16-7-1-2-10(17)15-5-7/h3-4,7,16H,1-2,5,14H2,(H,15,17). The predicted octanol–water partition coefficient (Wildman–Crippen LogP) is 1.35. The van der Waals surface area contributed by atoms with Crippen LogP contribution in [-0.2, 0) is 14.8 Å². The summed E-state index contributed by atoms with van der Waals surface area (Å²) in [5.74, 6) is -0.0650. The number of halogens is 2. The van der Waals surface area contributed by atoms with Crippen LogP contribution in [0.2, 0.25) is 0 Å². The van der Waals surface area contributed by atoms with E-state index in [2.05, 4.69) is 41.9 Å². The van der Waals surface area contributed by atoms with Gasteiger partial charge in [0.15, 0.2) is 0 Å². The van der Waals surface area contributed by atoms with Crippen molar-refractivity contribution in [3.05, 3.63) is 21.1 Å². The van der Waals surface area contributed by atoms with E-state index in [0.29, 0.717) is 21.8 Å². The molecule has 1 fully saturated rings. The Kier molecular flexibility index (Phi) is 4.73. The third-order valence-electron chi connectivity index (χ3n) is 2.89. The molecule has 1 aromatic rings. The number of benzene rings is 1. The molecule has 1 unspecified atom stereocenters. The molecule has 0 radical (unpaired) electrons. The molecule has 0 bridgehead atoms. The van der Waals surface area contributed by atoms with Crippen LogP contribution in [0.15, 0.2) is 26.0 Å². The minimum Gasteiger partial charge on any atom is -0.398 e. The van der Waals surface area contributed by atoms with Gasteiger partial charge in [-0.15, -0.1) is 0 Å². The van der Waals surface area contributed by atoms with Crippen LogP contribution < -0.4 is 15.8 Å². The SMILES string of the molecule is Nc1cc(Br)cc(Br)c1S(=O)(=O)NC1CCC(=O)NC1. The molecule has 4 N–H and O–H groups in total. The summed E-state index contributed by atoms with van der Waals surface area (Å²) in [6.07, 6.45) is 0.781. The third kappa shape index (κ3) is 3.51. The van der Waals surface area contributed by atoms with Crippen molar-refractivity contribution in [2.24, 2.45) is 0 Å². The zero-order valence-electron chi connectivity index (χ0n) is 10.3. The zero-order valence-corrected chi connectivity index (χ0v) is 14.3. The van der Waals surface area contributed by atoms with Crippen LogP contribution in [-0.4, -0.2) is 26.9 Å². The van der Waals surface area contributed by atoms with E-state index in [1.165, 1.54) is 6.07 Å². The van der Waals surface area contributed by atoms with Gasteiger partial charge in [-0.3, -0.25) is 4.79 Å². The number of anilines is 1. The van der Waals surface area contributed by atoms with Crippen LogP contribution in [0.25, 0.3) is 0 Å². The van der Waals surface area contributed by atoms with Gasteiger partial charge < -0.3 is 11.1 Å². The Morgan fingerprint density at radius 2 is 2.05 bits per heavy atom. The Hall–Kier alpha value is -0.640. The number of hydrogen-bond acceptors (Lipinski definition) is 4. The summed E-state index contributed by atoms with van der Waals surface area (Å²) in [6.45, 7) is 0.284. The van der Waals surface area contributed by atoms with E-state index in [1.807, 2.05) is 0 Å². The molecule has 9 heteroatoms.